The monoisotopic (exact) mass is 263 g/mol. The van der Waals surface area contributed by atoms with Gasteiger partial charge in [-0.25, -0.2) is 9.59 Å². The predicted octanol–water partition coefficient (Wildman–Crippen LogP) is 1.16. The lowest BCUT2D eigenvalue weighted by Gasteiger charge is -2.32. The number of anilines is 1. The summed E-state index contributed by atoms with van der Waals surface area (Å²) in [6.07, 6.45) is 0. The Hall–Kier alpha value is -2.08. The molecule has 0 spiro atoms. The smallest absolute Gasteiger partial charge is 0.337 e. The van der Waals surface area contributed by atoms with E-state index in [0.29, 0.717) is 18.8 Å². The Morgan fingerprint density at radius 1 is 1.16 bits per heavy atom. The van der Waals surface area contributed by atoms with E-state index in [9.17, 15) is 9.59 Å². The van der Waals surface area contributed by atoms with Crippen molar-refractivity contribution in [2.24, 2.45) is 0 Å². The van der Waals surface area contributed by atoms with Gasteiger partial charge in [-0.15, -0.1) is 0 Å². The molecule has 6 heteroatoms. The molecule has 2 rings (SSSR count). The van der Waals surface area contributed by atoms with Crippen molar-refractivity contribution in [1.82, 2.24) is 9.80 Å². The molecule has 1 aliphatic heterocycles. The first kappa shape index (κ1) is 13.4. The minimum absolute atomic E-state index is 0.102. The zero-order valence-electron chi connectivity index (χ0n) is 10.8. The zero-order chi connectivity index (χ0) is 13.8. The third-order valence-electron chi connectivity index (χ3n) is 3.19. The topological polar surface area (TPSA) is 72.9 Å². The number of carbonyl (C=O) groups excluding carboxylic acids is 1. The van der Waals surface area contributed by atoms with E-state index in [0.717, 1.165) is 13.1 Å². The molecule has 0 unspecified atom stereocenters. The first-order valence-electron chi connectivity index (χ1n) is 6.14. The van der Waals surface area contributed by atoms with Gasteiger partial charge in [0.1, 0.15) is 0 Å². The van der Waals surface area contributed by atoms with E-state index in [2.05, 4.69) is 10.2 Å². The average molecular weight is 263 g/mol. The van der Waals surface area contributed by atoms with E-state index in [1.54, 1.807) is 23.1 Å². The van der Waals surface area contributed by atoms with Crippen LogP contribution in [0.4, 0.5) is 10.5 Å². The van der Waals surface area contributed by atoms with Crippen LogP contribution in [0, 0.1) is 0 Å². The van der Waals surface area contributed by atoms with Crippen LogP contribution in [0.3, 0.4) is 0 Å². The lowest BCUT2D eigenvalue weighted by atomic mass is 10.2. The molecule has 0 saturated carbocycles. The highest BCUT2D eigenvalue weighted by molar-refractivity contribution is 5.99. The Balaban J connectivity index is 2.05. The number of carboxylic acids is 1. The Labute approximate surface area is 111 Å². The van der Waals surface area contributed by atoms with Crippen molar-refractivity contribution in [2.75, 3.05) is 38.5 Å². The fourth-order valence-electron chi connectivity index (χ4n) is 1.98. The molecule has 1 fully saturated rings. The number of nitrogens with one attached hydrogen (secondary N) is 1. The lowest BCUT2D eigenvalue weighted by Crippen LogP contribution is -2.48. The van der Waals surface area contributed by atoms with Gasteiger partial charge in [0.2, 0.25) is 0 Å². The average Bonchev–Trinajstić information content (AvgIpc) is 2.39. The number of likely N-dealkylation sites (N-methyl/N-ethyl adjacent to an activating group) is 1. The molecule has 0 atom stereocenters. The van der Waals surface area contributed by atoms with Gasteiger partial charge >= 0.3 is 12.0 Å². The number of amides is 2. The molecule has 1 saturated heterocycles. The molecule has 6 nitrogen and oxygen atoms in total. The second kappa shape index (κ2) is 5.71. The maximum absolute atomic E-state index is 12.1. The minimum atomic E-state index is -1.05. The van der Waals surface area contributed by atoms with Gasteiger partial charge < -0.3 is 20.2 Å². The highest BCUT2D eigenvalue weighted by Gasteiger charge is 2.20. The van der Waals surface area contributed by atoms with Crippen molar-refractivity contribution >= 4 is 17.7 Å². The van der Waals surface area contributed by atoms with Gasteiger partial charge in [0.25, 0.3) is 0 Å². The molecule has 0 radical (unpaired) electrons. The summed E-state index contributed by atoms with van der Waals surface area (Å²) in [7, 11) is 2.01. The van der Waals surface area contributed by atoms with E-state index in [1.165, 1.54) is 6.07 Å². The number of rotatable bonds is 2. The number of hydrogen-bond donors (Lipinski definition) is 2. The summed E-state index contributed by atoms with van der Waals surface area (Å²) in [4.78, 5) is 26.9. The van der Waals surface area contributed by atoms with Gasteiger partial charge in [-0.1, -0.05) is 12.1 Å². The maximum Gasteiger partial charge on any atom is 0.337 e. The van der Waals surface area contributed by atoms with Crippen LogP contribution in [0.1, 0.15) is 10.4 Å². The van der Waals surface area contributed by atoms with Gasteiger partial charge in [0.15, 0.2) is 0 Å². The number of urea groups is 1. The molecule has 0 aromatic heterocycles. The first-order valence-corrected chi connectivity index (χ1v) is 6.14. The largest absolute Gasteiger partial charge is 0.478 e. The third-order valence-corrected chi connectivity index (χ3v) is 3.19. The third kappa shape index (κ3) is 3.23. The van der Waals surface area contributed by atoms with Gasteiger partial charge in [0.05, 0.1) is 11.3 Å². The van der Waals surface area contributed by atoms with Crippen molar-refractivity contribution in [1.29, 1.82) is 0 Å². The highest BCUT2D eigenvalue weighted by Crippen LogP contribution is 2.15. The number of hydrogen-bond acceptors (Lipinski definition) is 3. The maximum atomic E-state index is 12.1. The van der Waals surface area contributed by atoms with Crippen LogP contribution in [0.15, 0.2) is 24.3 Å². The van der Waals surface area contributed by atoms with Gasteiger partial charge in [0, 0.05) is 26.2 Å². The molecule has 1 aromatic rings. The molecule has 1 heterocycles. The van der Waals surface area contributed by atoms with Crippen molar-refractivity contribution in [3.05, 3.63) is 29.8 Å². The van der Waals surface area contributed by atoms with Crippen molar-refractivity contribution in [3.63, 3.8) is 0 Å². The van der Waals surface area contributed by atoms with E-state index in [1.807, 2.05) is 7.05 Å². The van der Waals surface area contributed by atoms with Crippen LogP contribution in [0.5, 0.6) is 0 Å². The predicted molar refractivity (Wildman–Crippen MR) is 71.5 cm³/mol. The van der Waals surface area contributed by atoms with Gasteiger partial charge in [-0.2, -0.15) is 0 Å². The summed E-state index contributed by atoms with van der Waals surface area (Å²) < 4.78 is 0. The second-order valence-corrected chi connectivity index (χ2v) is 4.57. The highest BCUT2D eigenvalue weighted by atomic mass is 16.4. The summed E-state index contributed by atoms with van der Waals surface area (Å²) in [5.41, 5.74) is 0.434. The SMILES string of the molecule is CN1CCN(C(=O)Nc2ccccc2C(=O)O)CC1. The Morgan fingerprint density at radius 2 is 1.79 bits per heavy atom. The Morgan fingerprint density at radius 3 is 2.42 bits per heavy atom. The number of nitrogens with zero attached hydrogens (tertiary/aromatic N) is 2. The molecule has 102 valence electrons. The molecule has 2 amide bonds. The van der Waals surface area contributed by atoms with Crippen LogP contribution in [-0.2, 0) is 0 Å². The van der Waals surface area contributed by atoms with Crippen LogP contribution in [-0.4, -0.2) is 60.1 Å². The number of benzene rings is 1. The number of carbonyl (C=O) groups is 2. The summed E-state index contributed by atoms with van der Waals surface area (Å²) >= 11 is 0. The Bertz CT molecular complexity index is 482. The molecule has 0 bridgehead atoms. The number of piperazine rings is 1. The molecule has 1 aliphatic rings. The first-order chi connectivity index (χ1) is 9.08. The molecular formula is C13H17N3O3. The zero-order valence-corrected chi connectivity index (χ0v) is 10.8. The standard InChI is InChI=1S/C13H17N3O3/c1-15-6-8-16(9-7-15)13(19)14-11-5-3-2-4-10(11)12(17)18/h2-5H,6-9H2,1H3,(H,14,19)(H,17,18). The summed E-state index contributed by atoms with van der Waals surface area (Å²) in [6, 6.07) is 6.15. The molecule has 1 aromatic carbocycles. The van der Waals surface area contributed by atoms with Crippen molar-refractivity contribution in [3.8, 4) is 0 Å². The van der Waals surface area contributed by atoms with Crippen LogP contribution >= 0.6 is 0 Å². The van der Waals surface area contributed by atoms with Crippen LogP contribution in [0.25, 0.3) is 0 Å². The van der Waals surface area contributed by atoms with Crippen LogP contribution in [0.2, 0.25) is 0 Å². The molecule has 2 N–H and O–H groups in total. The van der Waals surface area contributed by atoms with Gasteiger partial charge in [-0.05, 0) is 19.2 Å². The fourth-order valence-corrected chi connectivity index (χ4v) is 1.98. The molecule has 19 heavy (non-hydrogen) atoms. The second-order valence-electron chi connectivity index (χ2n) is 4.57. The quantitative estimate of drug-likeness (QED) is 0.840. The van der Waals surface area contributed by atoms with E-state index < -0.39 is 5.97 Å². The number of aromatic carboxylic acids is 1. The van der Waals surface area contributed by atoms with E-state index in [4.69, 9.17) is 5.11 Å². The van der Waals surface area contributed by atoms with Crippen LogP contribution < -0.4 is 5.32 Å². The summed E-state index contributed by atoms with van der Waals surface area (Å²) in [6.45, 7) is 2.96. The minimum Gasteiger partial charge on any atom is -0.478 e. The van der Waals surface area contributed by atoms with Gasteiger partial charge in [-0.3, -0.25) is 0 Å². The lowest BCUT2D eigenvalue weighted by molar-refractivity contribution is 0.0698. The number of carboxylic acid groups (broad SMARTS) is 1. The summed E-state index contributed by atoms with van der Waals surface area (Å²) in [5.74, 6) is -1.05. The van der Waals surface area contributed by atoms with E-state index in [-0.39, 0.29) is 11.6 Å². The fraction of sp³-hybridized carbons (Fsp3) is 0.385. The normalized spacial score (nSPS) is 16.2. The summed E-state index contributed by atoms with van der Waals surface area (Å²) in [5, 5.41) is 11.7. The van der Waals surface area contributed by atoms with Crippen molar-refractivity contribution < 1.29 is 14.7 Å². The molecular weight excluding hydrogens is 246 g/mol. The van der Waals surface area contributed by atoms with Crippen molar-refractivity contribution in [2.45, 2.75) is 0 Å². The molecule has 0 aliphatic carbocycles. The number of para-hydroxylation sites is 1. The Kier molecular flexibility index (Phi) is 4.01. The van der Waals surface area contributed by atoms with E-state index >= 15 is 0 Å².